The van der Waals surface area contributed by atoms with Gasteiger partial charge < -0.3 is 5.32 Å². The number of fused-ring (bicyclic) bond motifs is 1. The van der Waals surface area contributed by atoms with E-state index in [0.717, 1.165) is 5.03 Å². The Kier molecular flexibility index (Phi) is 4.71. The van der Waals surface area contributed by atoms with E-state index in [0.29, 0.717) is 21.6 Å². The summed E-state index contributed by atoms with van der Waals surface area (Å²) in [7, 11) is 0. The number of aromatic nitrogens is 3. The van der Waals surface area contributed by atoms with Gasteiger partial charge in [0.15, 0.2) is 0 Å². The number of H-pyrrole nitrogens is 1. The van der Waals surface area contributed by atoms with Gasteiger partial charge in [0.1, 0.15) is 11.0 Å². The topological polar surface area (TPSA) is 70.7 Å². The number of carbonyl (C=O) groups is 1. The van der Waals surface area contributed by atoms with Gasteiger partial charge in [-0.25, -0.2) is 9.37 Å². The lowest BCUT2D eigenvalue weighted by molar-refractivity contribution is 0.102. The number of anilines is 1. The first kappa shape index (κ1) is 17.7. The van der Waals surface area contributed by atoms with Crippen LogP contribution in [0.3, 0.4) is 0 Å². The highest BCUT2D eigenvalue weighted by atomic mass is 35.5. The van der Waals surface area contributed by atoms with E-state index in [-0.39, 0.29) is 10.4 Å². The van der Waals surface area contributed by atoms with Crippen molar-refractivity contribution in [2.75, 3.05) is 5.32 Å². The fourth-order valence-electron chi connectivity index (χ4n) is 2.21. The Labute approximate surface area is 153 Å². The van der Waals surface area contributed by atoms with Crippen LogP contribution in [0.4, 0.5) is 10.1 Å². The van der Waals surface area contributed by atoms with Crippen LogP contribution >= 0.6 is 23.4 Å². The third-order valence-electron chi connectivity index (χ3n) is 3.25. The van der Waals surface area contributed by atoms with Crippen LogP contribution in [0.15, 0.2) is 35.5 Å². The van der Waals surface area contributed by atoms with E-state index in [2.05, 4.69) is 41.3 Å². The van der Waals surface area contributed by atoms with Crippen molar-refractivity contribution in [2.24, 2.45) is 0 Å². The first-order valence-corrected chi connectivity index (χ1v) is 8.72. The number of aromatic amines is 1. The van der Waals surface area contributed by atoms with Gasteiger partial charge in [-0.2, -0.15) is 5.10 Å². The summed E-state index contributed by atoms with van der Waals surface area (Å²) < 4.78 is 14.1. The second-order valence-corrected chi connectivity index (χ2v) is 8.66. The molecule has 25 heavy (non-hydrogen) atoms. The van der Waals surface area contributed by atoms with Crippen molar-refractivity contribution in [3.63, 3.8) is 0 Å². The van der Waals surface area contributed by atoms with E-state index < -0.39 is 11.7 Å². The van der Waals surface area contributed by atoms with Gasteiger partial charge >= 0.3 is 0 Å². The SMILES string of the molecule is CC(C)(C)Sc1cc(C(=O)Nc2cc3c(Cl)[nH]nc3cc2F)ccn1. The highest BCUT2D eigenvalue weighted by Crippen LogP contribution is 2.31. The molecule has 0 saturated carbocycles. The maximum absolute atomic E-state index is 14.2. The number of pyridine rings is 1. The maximum Gasteiger partial charge on any atom is 0.255 e. The van der Waals surface area contributed by atoms with Crippen LogP contribution in [0.1, 0.15) is 31.1 Å². The lowest BCUT2D eigenvalue weighted by Gasteiger charge is -2.16. The number of nitrogens with zero attached hydrogens (tertiary/aromatic N) is 2. The summed E-state index contributed by atoms with van der Waals surface area (Å²) in [5.41, 5.74) is 0.843. The molecule has 0 fully saturated rings. The van der Waals surface area contributed by atoms with Crippen LogP contribution in [0.2, 0.25) is 5.15 Å². The van der Waals surface area contributed by atoms with Gasteiger partial charge in [-0.05, 0) is 18.2 Å². The van der Waals surface area contributed by atoms with Gasteiger partial charge in [0.25, 0.3) is 5.91 Å². The van der Waals surface area contributed by atoms with Crippen LogP contribution in [0, 0.1) is 5.82 Å². The minimum absolute atomic E-state index is 0.0305. The fourth-order valence-corrected chi connectivity index (χ4v) is 3.33. The van der Waals surface area contributed by atoms with Crippen LogP contribution in [0.25, 0.3) is 10.9 Å². The summed E-state index contributed by atoms with van der Waals surface area (Å²) in [5, 5.41) is 10.6. The molecule has 0 aliphatic rings. The Morgan fingerprint density at radius 2 is 2.08 bits per heavy atom. The average Bonchev–Trinajstić information content (AvgIpc) is 2.87. The minimum atomic E-state index is -0.581. The largest absolute Gasteiger partial charge is 0.319 e. The first-order valence-electron chi connectivity index (χ1n) is 7.52. The molecule has 130 valence electrons. The fraction of sp³-hybridized carbons (Fsp3) is 0.235. The number of benzene rings is 1. The Bertz CT molecular complexity index is 951. The molecule has 2 heterocycles. The molecule has 0 radical (unpaired) electrons. The van der Waals surface area contributed by atoms with Crippen molar-refractivity contribution < 1.29 is 9.18 Å². The lowest BCUT2D eigenvalue weighted by Crippen LogP contribution is -2.14. The summed E-state index contributed by atoms with van der Waals surface area (Å²) in [6.45, 7) is 6.18. The molecule has 8 heteroatoms. The number of rotatable bonds is 3. The average molecular weight is 379 g/mol. The number of thioether (sulfide) groups is 1. The summed E-state index contributed by atoms with van der Waals surface area (Å²) in [5.74, 6) is -1.00. The quantitative estimate of drug-likeness (QED) is 0.636. The molecule has 0 atom stereocenters. The van der Waals surface area contributed by atoms with E-state index in [1.165, 1.54) is 12.1 Å². The summed E-state index contributed by atoms with van der Waals surface area (Å²) in [6, 6.07) is 5.96. The number of carbonyl (C=O) groups excluding carboxylic acids is 1. The lowest BCUT2D eigenvalue weighted by atomic mass is 10.2. The third-order valence-corrected chi connectivity index (χ3v) is 4.59. The standard InChI is InChI=1S/C17H16ClFN4OS/c1-17(2,3)25-14-6-9(4-5-20-14)16(24)21-13-7-10-12(8-11(13)19)22-23-15(10)18/h4-8H,1-3H3,(H,21,24)(H,22,23). The summed E-state index contributed by atoms with van der Waals surface area (Å²) in [4.78, 5) is 16.7. The molecule has 3 rings (SSSR count). The Morgan fingerprint density at radius 1 is 1.32 bits per heavy atom. The number of hydrogen-bond donors (Lipinski definition) is 2. The molecule has 0 saturated heterocycles. The Morgan fingerprint density at radius 3 is 2.80 bits per heavy atom. The maximum atomic E-state index is 14.2. The third kappa shape index (κ3) is 4.11. The molecule has 0 unspecified atom stereocenters. The smallest absolute Gasteiger partial charge is 0.255 e. The Hall–Kier alpha value is -2.12. The zero-order chi connectivity index (χ0) is 18.2. The van der Waals surface area contributed by atoms with Gasteiger partial charge in [0, 0.05) is 28.0 Å². The molecule has 0 spiro atoms. The molecular formula is C17H16ClFN4OS. The van der Waals surface area contributed by atoms with Gasteiger partial charge in [-0.3, -0.25) is 9.89 Å². The summed E-state index contributed by atoms with van der Waals surface area (Å²) in [6.07, 6.45) is 1.56. The highest BCUT2D eigenvalue weighted by molar-refractivity contribution is 8.00. The summed E-state index contributed by atoms with van der Waals surface area (Å²) >= 11 is 7.52. The van der Waals surface area contributed by atoms with Crippen LogP contribution in [-0.2, 0) is 0 Å². The molecular weight excluding hydrogens is 363 g/mol. The predicted molar refractivity (Wildman–Crippen MR) is 98.9 cm³/mol. The van der Waals surface area contributed by atoms with Crippen molar-refractivity contribution in [3.8, 4) is 0 Å². The highest BCUT2D eigenvalue weighted by Gasteiger charge is 2.16. The number of halogens is 2. The van der Waals surface area contributed by atoms with Gasteiger partial charge in [-0.15, -0.1) is 11.8 Å². The Balaban J connectivity index is 1.86. The van der Waals surface area contributed by atoms with Gasteiger partial charge in [0.05, 0.1) is 16.2 Å². The zero-order valence-corrected chi connectivity index (χ0v) is 15.4. The molecule has 1 amide bonds. The van der Waals surface area contributed by atoms with Crippen LogP contribution in [0.5, 0.6) is 0 Å². The molecule has 1 aromatic carbocycles. The zero-order valence-electron chi connectivity index (χ0n) is 13.9. The molecule has 0 aliphatic heterocycles. The van der Waals surface area contributed by atoms with E-state index in [4.69, 9.17) is 11.6 Å². The number of hydrogen-bond acceptors (Lipinski definition) is 4. The molecule has 5 nitrogen and oxygen atoms in total. The van der Waals surface area contributed by atoms with Crippen molar-refractivity contribution in [1.82, 2.24) is 15.2 Å². The van der Waals surface area contributed by atoms with Crippen molar-refractivity contribution in [3.05, 3.63) is 47.0 Å². The van der Waals surface area contributed by atoms with Gasteiger partial charge in [-0.1, -0.05) is 32.4 Å². The first-order chi connectivity index (χ1) is 11.7. The van der Waals surface area contributed by atoms with Crippen LogP contribution < -0.4 is 5.32 Å². The minimum Gasteiger partial charge on any atom is -0.319 e. The van der Waals surface area contributed by atoms with Crippen molar-refractivity contribution >= 4 is 45.9 Å². The monoisotopic (exact) mass is 378 g/mol. The van der Waals surface area contributed by atoms with E-state index in [1.807, 2.05) is 0 Å². The van der Waals surface area contributed by atoms with Gasteiger partial charge in [0.2, 0.25) is 0 Å². The normalized spacial score (nSPS) is 11.7. The van der Waals surface area contributed by atoms with Crippen molar-refractivity contribution in [2.45, 2.75) is 30.5 Å². The number of amides is 1. The molecule has 3 aromatic rings. The molecule has 2 aromatic heterocycles. The van der Waals surface area contributed by atoms with E-state index >= 15 is 0 Å². The molecule has 0 aliphatic carbocycles. The van der Waals surface area contributed by atoms with E-state index in [1.54, 1.807) is 30.1 Å². The molecule has 2 N–H and O–H groups in total. The number of nitrogens with one attached hydrogen (secondary N) is 2. The molecule has 0 bridgehead atoms. The second-order valence-electron chi connectivity index (χ2n) is 6.44. The van der Waals surface area contributed by atoms with Crippen LogP contribution in [-0.4, -0.2) is 25.8 Å². The van der Waals surface area contributed by atoms with Crippen molar-refractivity contribution in [1.29, 1.82) is 0 Å². The van der Waals surface area contributed by atoms with E-state index in [9.17, 15) is 9.18 Å². The second kappa shape index (κ2) is 6.65. The predicted octanol–water partition coefficient (Wildman–Crippen LogP) is 4.89.